The summed E-state index contributed by atoms with van der Waals surface area (Å²) in [5.74, 6) is -0.310. The van der Waals surface area contributed by atoms with Crippen LogP contribution >= 0.6 is 0 Å². The van der Waals surface area contributed by atoms with E-state index in [2.05, 4.69) is 36.6 Å². The smallest absolute Gasteiger partial charge is 0.315 e. The van der Waals surface area contributed by atoms with Crippen molar-refractivity contribution in [3.8, 4) is 0 Å². The molecule has 0 saturated carbocycles. The molecule has 1 aromatic carbocycles. The van der Waals surface area contributed by atoms with Crippen LogP contribution in [0.2, 0.25) is 0 Å². The lowest BCUT2D eigenvalue weighted by Gasteiger charge is -2.15. The van der Waals surface area contributed by atoms with E-state index in [0.29, 0.717) is 5.92 Å². The Balaban J connectivity index is 2.45. The van der Waals surface area contributed by atoms with Gasteiger partial charge in [0.2, 0.25) is 0 Å². The molecule has 1 aromatic rings. The van der Waals surface area contributed by atoms with E-state index < -0.39 is 5.97 Å². The third-order valence-electron chi connectivity index (χ3n) is 3.10. The Hall–Kier alpha value is -2.04. The van der Waals surface area contributed by atoms with E-state index in [-0.39, 0.29) is 25.0 Å². The van der Waals surface area contributed by atoms with Gasteiger partial charge in [0.25, 0.3) is 0 Å². The van der Waals surface area contributed by atoms with Gasteiger partial charge in [-0.05, 0) is 30.4 Å². The van der Waals surface area contributed by atoms with E-state index in [4.69, 9.17) is 5.11 Å². The number of benzene rings is 1. The maximum absolute atomic E-state index is 11.6. The first-order valence-corrected chi connectivity index (χ1v) is 7.23. The molecular formula is C16H24N2O3. The van der Waals surface area contributed by atoms with Gasteiger partial charge in [0.1, 0.15) is 0 Å². The number of urea groups is 1. The van der Waals surface area contributed by atoms with E-state index in [9.17, 15) is 9.59 Å². The van der Waals surface area contributed by atoms with Crippen molar-refractivity contribution >= 4 is 12.0 Å². The number of rotatable bonds is 7. The predicted molar refractivity (Wildman–Crippen MR) is 82.2 cm³/mol. The normalized spacial score (nSPS) is 12.0. The summed E-state index contributed by atoms with van der Waals surface area (Å²) in [6, 6.07) is 7.71. The van der Waals surface area contributed by atoms with Crippen LogP contribution in [0, 0.1) is 5.92 Å². The summed E-state index contributed by atoms with van der Waals surface area (Å²) in [6.45, 7) is 6.38. The van der Waals surface area contributed by atoms with Crippen LogP contribution in [0.25, 0.3) is 0 Å². The first kappa shape index (κ1) is 17.0. The summed E-state index contributed by atoms with van der Waals surface area (Å²) in [6.07, 6.45) is 0.962. The number of carbonyl (C=O) groups is 2. The fourth-order valence-electron chi connectivity index (χ4n) is 2.03. The van der Waals surface area contributed by atoms with Crippen molar-refractivity contribution in [3.63, 3.8) is 0 Å². The quantitative estimate of drug-likeness (QED) is 0.723. The van der Waals surface area contributed by atoms with Crippen LogP contribution in [0.1, 0.15) is 44.4 Å². The molecule has 0 aromatic heterocycles. The Morgan fingerprint density at radius 2 is 1.76 bits per heavy atom. The molecule has 21 heavy (non-hydrogen) atoms. The predicted octanol–water partition coefficient (Wildman–Crippen LogP) is 2.72. The molecule has 0 aliphatic carbocycles. The molecule has 0 radical (unpaired) electrons. The minimum Gasteiger partial charge on any atom is -0.481 e. The third-order valence-corrected chi connectivity index (χ3v) is 3.10. The average molecular weight is 292 g/mol. The van der Waals surface area contributed by atoms with E-state index in [1.54, 1.807) is 0 Å². The number of amides is 2. The summed E-state index contributed by atoms with van der Waals surface area (Å²) in [5.41, 5.74) is 2.31. The van der Waals surface area contributed by atoms with Gasteiger partial charge in [-0.15, -0.1) is 0 Å². The number of aliphatic carboxylic acids is 1. The second kappa shape index (κ2) is 8.29. The summed E-state index contributed by atoms with van der Waals surface area (Å²) >= 11 is 0. The molecule has 0 spiro atoms. The molecule has 1 atom stereocenters. The molecule has 0 aliphatic rings. The van der Waals surface area contributed by atoms with E-state index in [1.807, 2.05) is 19.1 Å². The summed E-state index contributed by atoms with van der Waals surface area (Å²) in [5, 5.41) is 13.8. The van der Waals surface area contributed by atoms with Gasteiger partial charge in [0.05, 0.1) is 12.5 Å². The van der Waals surface area contributed by atoms with Crippen LogP contribution in [0.5, 0.6) is 0 Å². The second-order valence-electron chi connectivity index (χ2n) is 5.61. The topological polar surface area (TPSA) is 78.4 Å². The third kappa shape index (κ3) is 6.79. The highest BCUT2D eigenvalue weighted by atomic mass is 16.4. The standard InChI is InChI=1S/C16H24N2O3/c1-11(2)10-13-4-6-14(7-5-13)12(3)18-16(21)17-9-8-15(19)20/h4-7,11-12H,8-10H2,1-3H3,(H,19,20)(H2,17,18,21). The Bertz CT molecular complexity index is 469. The average Bonchev–Trinajstić information content (AvgIpc) is 2.38. The maximum Gasteiger partial charge on any atom is 0.315 e. The van der Waals surface area contributed by atoms with Crippen molar-refractivity contribution < 1.29 is 14.7 Å². The molecular weight excluding hydrogens is 268 g/mol. The number of hydrogen-bond acceptors (Lipinski definition) is 2. The first-order valence-electron chi connectivity index (χ1n) is 7.23. The largest absolute Gasteiger partial charge is 0.481 e. The molecule has 0 aliphatic heterocycles. The van der Waals surface area contributed by atoms with Gasteiger partial charge in [-0.3, -0.25) is 4.79 Å². The highest BCUT2D eigenvalue weighted by molar-refractivity contribution is 5.75. The van der Waals surface area contributed by atoms with Crippen molar-refractivity contribution in [2.45, 2.75) is 39.7 Å². The van der Waals surface area contributed by atoms with Crippen LogP contribution < -0.4 is 10.6 Å². The molecule has 0 saturated heterocycles. The lowest BCUT2D eigenvalue weighted by molar-refractivity contribution is -0.136. The number of nitrogens with one attached hydrogen (secondary N) is 2. The van der Waals surface area contributed by atoms with Crippen LogP contribution in [0.4, 0.5) is 4.79 Å². The van der Waals surface area contributed by atoms with Crippen molar-refractivity contribution in [3.05, 3.63) is 35.4 Å². The number of hydrogen-bond donors (Lipinski definition) is 3. The monoisotopic (exact) mass is 292 g/mol. The molecule has 5 nitrogen and oxygen atoms in total. The van der Waals surface area contributed by atoms with Crippen molar-refractivity contribution in [2.24, 2.45) is 5.92 Å². The fourth-order valence-corrected chi connectivity index (χ4v) is 2.03. The van der Waals surface area contributed by atoms with E-state index >= 15 is 0 Å². The van der Waals surface area contributed by atoms with Crippen LogP contribution in [0.15, 0.2) is 24.3 Å². The molecule has 1 rings (SSSR count). The second-order valence-corrected chi connectivity index (χ2v) is 5.61. The SMILES string of the molecule is CC(C)Cc1ccc(C(C)NC(=O)NCCC(=O)O)cc1. The van der Waals surface area contributed by atoms with Crippen LogP contribution in [-0.2, 0) is 11.2 Å². The molecule has 0 bridgehead atoms. The van der Waals surface area contributed by atoms with E-state index in [0.717, 1.165) is 12.0 Å². The maximum atomic E-state index is 11.6. The van der Waals surface area contributed by atoms with E-state index in [1.165, 1.54) is 5.56 Å². The van der Waals surface area contributed by atoms with Gasteiger partial charge in [0, 0.05) is 6.54 Å². The fraction of sp³-hybridized carbons (Fsp3) is 0.500. The molecule has 0 heterocycles. The van der Waals surface area contributed by atoms with Gasteiger partial charge in [-0.2, -0.15) is 0 Å². The van der Waals surface area contributed by atoms with Gasteiger partial charge < -0.3 is 15.7 Å². The highest BCUT2D eigenvalue weighted by Gasteiger charge is 2.09. The van der Waals surface area contributed by atoms with Gasteiger partial charge in [-0.1, -0.05) is 38.1 Å². The first-order chi connectivity index (χ1) is 9.88. The summed E-state index contributed by atoms with van der Waals surface area (Å²) in [7, 11) is 0. The number of carbonyl (C=O) groups excluding carboxylic acids is 1. The van der Waals surface area contributed by atoms with Crippen molar-refractivity contribution in [2.75, 3.05) is 6.54 Å². The Morgan fingerprint density at radius 1 is 1.14 bits per heavy atom. The lowest BCUT2D eigenvalue weighted by atomic mass is 10.00. The van der Waals surface area contributed by atoms with Crippen LogP contribution in [0.3, 0.4) is 0 Å². The van der Waals surface area contributed by atoms with Crippen molar-refractivity contribution in [1.82, 2.24) is 10.6 Å². The Kier molecular flexibility index (Phi) is 6.72. The highest BCUT2D eigenvalue weighted by Crippen LogP contribution is 2.15. The lowest BCUT2D eigenvalue weighted by Crippen LogP contribution is -2.38. The molecule has 116 valence electrons. The number of carboxylic acids is 1. The summed E-state index contributed by atoms with van der Waals surface area (Å²) < 4.78 is 0. The Morgan fingerprint density at radius 3 is 2.29 bits per heavy atom. The van der Waals surface area contributed by atoms with Gasteiger partial charge in [0.15, 0.2) is 0 Å². The minimum absolute atomic E-state index is 0.0777. The Labute approximate surface area is 125 Å². The zero-order chi connectivity index (χ0) is 15.8. The summed E-state index contributed by atoms with van der Waals surface area (Å²) in [4.78, 5) is 22.0. The molecule has 5 heteroatoms. The van der Waals surface area contributed by atoms with Crippen molar-refractivity contribution in [1.29, 1.82) is 0 Å². The zero-order valence-electron chi connectivity index (χ0n) is 12.8. The molecule has 1 unspecified atom stereocenters. The van der Waals surface area contributed by atoms with Gasteiger partial charge in [-0.25, -0.2) is 4.79 Å². The molecule has 3 N–H and O–H groups in total. The van der Waals surface area contributed by atoms with Crippen LogP contribution in [-0.4, -0.2) is 23.7 Å². The molecule has 2 amide bonds. The number of carboxylic acid groups (broad SMARTS) is 1. The van der Waals surface area contributed by atoms with Gasteiger partial charge >= 0.3 is 12.0 Å². The minimum atomic E-state index is -0.927. The zero-order valence-corrected chi connectivity index (χ0v) is 12.8. The molecule has 0 fully saturated rings.